The van der Waals surface area contributed by atoms with Crippen molar-refractivity contribution in [2.24, 2.45) is 0 Å². The van der Waals surface area contributed by atoms with Gasteiger partial charge in [0.25, 0.3) is 0 Å². The molecule has 120 valence electrons. The number of allylic oxidation sites excluding steroid dienone is 1. The molecule has 0 aromatic carbocycles. The molecule has 21 heavy (non-hydrogen) atoms. The molecular weight excluding hydrogens is 276 g/mol. The van der Waals surface area contributed by atoms with E-state index < -0.39 is 17.9 Å². The molecule has 6 heteroatoms. The summed E-state index contributed by atoms with van der Waals surface area (Å²) in [6.45, 7) is 9.83. The Bertz CT molecular complexity index is 418. The predicted octanol–water partition coefficient (Wildman–Crippen LogP) is 1.93. The minimum atomic E-state index is -0.709. The molecule has 0 N–H and O–H groups in total. The summed E-state index contributed by atoms with van der Waals surface area (Å²) in [5.74, 6) is -1.36. The molecule has 0 aromatic heterocycles. The van der Waals surface area contributed by atoms with Crippen LogP contribution in [0.3, 0.4) is 0 Å². The molecule has 6 nitrogen and oxygen atoms in total. The van der Waals surface area contributed by atoms with Crippen LogP contribution in [-0.4, -0.2) is 48.9 Å². The summed E-state index contributed by atoms with van der Waals surface area (Å²) in [6.07, 6.45) is 2.12. The lowest BCUT2D eigenvalue weighted by atomic mass is 10.0. The van der Waals surface area contributed by atoms with Crippen LogP contribution < -0.4 is 0 Å². The Morgan fingerprint density at radius 1 is 0.905 bits per heavy atom. The van der Waals surface area contributed by atoms with Crippen LogP contribution in [0.15, 0.2) is 12.3 Å². The summed E-state index contributed by atoms with van der Waals surface area (Å²) >= 11 is 0. The maximum atomic E-state index is 6.02. The summed E-state index contributed by atoms with van der Waals surface area (Å²) in [4.78, 5) is 0. The fourth-order valence-electron chi connectivity index (χ4n) is 3.10. The van der Waals surface area contributed by atoms with Crippen molar-refractivity contribution in [1.29, 1.82) is 0 Å². The topological polar surface area (TPSA) is 55.4 Å². The lowest BCUT2D eigenvalue weighted by Gasteiger charge is -2.43. The average molecular weight is 300 g/mol. The molecule has 0 saturated carbocycles. The predicted molar refractivity (Wildman–Crippen MR) is 73.3 cm³/mol. The molecule has 0 amide bonds. The minimum absolute atomic E-state index is 0.222. The summed E-state index contributed by atoms with van der Waals surface area (Å²) in [5, 5.41) is 0. The van der Waals surface area contributed by atoms with Crippen LogP contribution >= 0.6 is 0 Å². The fourth-order valence-corrected chi connectivity index (χ4v) is 3.10. The van der Waals surface area contributed by atoms with Crippen LogP contribution in [0, 0.1) is 0 Å². The molecule has 0 bridgehead atoms. The second-order valence-electron chi connectivity index (χ2n) is 6.51. The van der Waals surface area contributed by atoms with Gasteiger partial charge in [-0.1, -0.05) is 6.08 Å². The van der Waals surface area contributed by atoms with Gasteiger partial charge in [-0.05, 0) is 34.6 Å². The molecule has 3 aliphatic rings. The van der Waals surface area contributed by atoms with Crippen LogP contribution in [0.4, 0.5) is 0 Å². The van der Waals surface area contributed by atoms with Gasteiger partial charge < -0.3 is 28.4 Å². The maximum absolute atomic E-state index is 6.02. The minimum Gasteiger partial charge on any atom is -0.499 e. The van der Waals surface area contributed by atoms with Crippen molar-refractivity contribution in [1.82, 2.24) is 0 Å². The van der Waals surface area contributed by atoms with E-state index in [1.807, 2.05) is 40.7 Å². The van der Waals surface area contributed by atoms with Crippen molar-refractivity contribution >= 4 is 0 Å². The Morgan fingerprint density at radius 2 is 1.57 bits per heavy atom. The van der Waals surface area contributed by atoms with Crippen molar-refractivity contribution in [2.75, 3.05) is 6.61 Å². The van der Waals surface area contributed by atoms with E-state index in [4.69, 9.17) is 28.4 Å². The van der Waals surface area contributed by atoms with Crippen LogP contribution in [0.5, 0.6) is 0 Å². The number of hydrogen-bond donors (Lipinski definition) is 0. The first-order valence-corrected chi connectivity index (χ1v) is 7.41. The zero-order valence-corrected chi connectivity index (χ0v) is 13.2. The summed E-state index contributed by atoms with van der Waals surface area (Å²) < 4.78 is 35.1. The quantitative estimate of drug-likeness (QED) is 0.742. The van der Waals surface area contributed by atoms with Crippen molar-refractivity contribution in [3.8, 4) is 0 Å². The van der Waals surface area contributed by atoms with Gasteiger partial charge in [-0.15, -0.1) is 0 Å². The lowest BCUT2D eigenvalue weighted by molar-refractivity contribution is -0.347. The molecule has 3 aliphatic heterocycles. The van der Waals surface area contributed by atoms with Gasteiger partial charge in [-0.3, -0.25) is 0 Å². The standard InChI is InChI=1S/C15H24O6/c1-6-7-16-8-9-10-11(19-14(2,3)18-9)12-13(17-10)21-15(4,5)20-12/h6-7,9-13H,8H2,1-5H3/b7-6+/t9-,10-,11+,12-,13-/m1/s1. The SMILES string of the molecule is C/C=C/OC[C@H]1OC(C)(C)O[C@@H]2[C@H]3OC(C)(C)O[C@H]3O[C@@H]21. The number of fused-ring (bicyclic) bond motifs is 3. The Labute approximate surface area is 125 Å². The fraction of sp³-hybridized carbons (Fsp3) is 0.867. The number of ether oxygens (including phenoxy) is 6. The second kappa shape index (κ2) is 5.21. The highest BCUT2D eigenvalue weighted by molar-refractivity contribution is 5.00. The molecule has 0 unspecified atom stereocenters. The molecule has 5 atom stereocenters. The van der Waals surface area contributed by atoms with Gasteiger partial charge in [-0.25, -0.2) is 0 Å². The molecule has 0 aromatic rings. The molecule has 3 rings (SSSR count). The lowest BCUT2D eigenvalue weighted by Crippen LogP contribution is -2.56. The van der Waals surface area contributed by atoms with Crippen molar-refractivity contribution < 1.29 is 28.4 Å². The van der Waals surface area contributed by atoms with Crippen LogP contribution in [0.1, 0.15) is 34.6 Å². The van der Waals surface area contributed by atoms with E-state index >= 15 is 0 Å². The first-order chi connectivity index (χ1) is 9.81. The van der Waals surface area contributed by atoms with E-state index in [0.717, 1.165) is 0 Å². The molecule has 3 heterocycles. The Hall–Kier alpha value is -0.660. The Kier molecular flexibility index (Phi) is 3.78. The van der Waals surface area contributed by atoms with Gasteiger partial charge in [0, 0.05) is 0 Å². The normalized spacial score (nSPS) is 43.8. The van der Waals surface area contributed by atoms with Gasteiger partial charge in [0.05, 0.1) is 6.26 Å². The van der Waals surface area contributed by atoms with E-state index in [9.17, 15) is 0 Å². The van der Waals surface area contributed by atoms with Crippen molar-refractivity contribution in [2.45, 2.75) is 76.9 Å². The van der Waals surface area contributed by atoms with Crippen molar-refractivity contribution in [3.63, 3.8) is 0 Å². The maximum Gasteiger partial charge on any atom is 0.190 e. The monoisotopic (exact) mass is 300 g/mol. The second-order valence-corrected chi connectivity index (χ2v) is 6.51. The van der Waals surface area contributed by atoms with Crippen LogP contribution in [0.2, 0.25) is 0 Å². The largest absolute Gasteiger partial charge is 0.499 e. The van der Waals surface area contributed by atoms with E-state index in [-0.39, 0.29) is 24.4 Å². The summed E-state index contributed by atoms with van der Waals surface area (Å²) in [7, 11) is 0. The molecular formula is C15H24O6. The first kappa shape index (κ1) is 15.2. The molecule has 3 saturated heterocycles. The smallest absolute Gasteiger partial charge is 0.190 e. The highest BCUT2D eigenvalue weighted by atomic mass is 16.9. The highest BCUT2D eigenvalue weighted by Crippen LogP contribution is 2.44. The van der Waals surface area contributed by atoms with Crippen LogP contribution in [-0.2, 0) is 28.4 Å². The van der Waals surface area contributed by atoms with E-state index in [2.05, 4.69) is 0 Å². The Balaban J connectivity index is 1.75. The summed E-state index contributed by atoms with van der Waals surface area (Å²) in [5.41, 5.74) is 0. The van der Waals surface area contributed by atoms with E-state index in [0.29, 0.717) is 6.61 Å². The first-order valence-electron chi connectivity index (χ1n) is 7.41. The third kappa shape index (κ3) is 2.96. The van der Waals surface area contributed by atoms with Gasteiger partial charge >= 0.3 is 0 Å². The average Bonchev–Trinajstić information content (AvgIpc) is 2.82. The van der Waals surface area contributed by atoms with Gasteiger partial charge in [0.15, 0.2) is 17.9 Å². The number of hydrogen-bond acceptors (Lipinski definition) is 6. The molecule has 0 radical (unpaired) electrons. The third-order valence-electron chi connectivity index (χ3n) is 3.74. The molecule has 3 fully saturated rings. The summed E-state index contributed by atoms with van der Waals surface area (Å²) in [6, 6.07) is 0. The molecule has 0 spiro atoms. The Morgan fingerprint density at radius 3 is 2.29 bits per heavy atom. The highest BCUT2D eigenvalue weighted by Gasteiger charge is 2.61. The molecule has 0 aliphatic carbocycles. The zero-order chi connectivity index (χ0) is 15.3. The number of rotatable bonds is 3. The van der Waals surface area contributed by atoms with Gasteiger partial charge in [-0.2, -0.15) is 0 Å². The zero-order valence-electron chi connectivity index (χ0n) is 13.2. The van der Waals surface area contributed by atoms with Gasteiger partial charge in [0.2, 0.25) is 0 Å². The third-order valence-corrected chi connectivity index (χ3v) is 3.74. The van der Waals surface area contributed by atoms with Gasteiger partial charge in [0.1, 0.15) is 31.0 Å². The van der Waals surface area contributed by atoms with E-state index in [1.165, 1.54) is 0 Å². The van der Waals surface area contributed by atoms with Crippen molar-refractivity contribution in [3.05, 3.63) is 12.3 Å². The van der Waals surface area contributed by atoms with Crippen LogP contribution in [0.25, 0.3) is 0 Å². The van der Waals surface area contributed by atoms with E-state index in [1.54, 1.807) is 6.26 Å².